The third-order valence-corrected chi connectivity index (χ3v) is 2.80. The summed E-state index contributed by atoms with van der Waals surface area (Å²) in [7, 11) is 0. The van der Waals surface area contributed by atoms with Crippen LogP contribution in [0.25, 0.3) is 0 Å². The van der Waals surface area contributed by atoms with Gasteiger partial charge >= 0.3 is 0 Å². The highest BCUT2D eigenvalue weighted by Crippen LogP contribution is 2.17. The molecule has 1 radical (unpaired) electrons. The zero-order valence-electron chi connectivity index (χ0n) is 10.5. The molecule has 0 aromatic heterocycles. The van der Waals surface area contributed by atoms with E-state index in [1.807, 2.05) is 61.5 Å². The van der Waals surface area contributed by atoms with Crippen LogP contribution in [0.15, 0.2) is 54.6 Å². The number of hydrogen-bond donors (Lipinski definition) is 0. The fourth-order valence-electron chi connectivity index (χ4n) is 1.91. The molecule has 2 aromatic rings. The van der Waals surface area contributed by atoms with Crippen molar-refractivity contribution in [2.24, 2.45) is 0 Å². The van der Waals surface area contributed by atoms with Crippen molar-refractivity contribution in [1.29, 1.82) is 0 Å². The number of amides is 1. The van der Waals surface area contributed by atoms with Crippen molar-refractivity contribution >= 4 is 11.6 Å². The van der Waals surface area contributed by atoms with E-state index in [2.05, 4.69) is 6.92 Å². The summed E-state index contributed by atoms with van der Waals surface area (Å²) < 4.78 is 0. The highest BCUT2D eigenvalue weighted by Gasteiger charge is 2.15. The molecule has 0 saturated carbocycles. The summed E-state index contributed by atoms with van der Waals surface area (Å²) in [5.74, 6) is 0.00852. The summed E-state index contributed by atoms with van der Waals surface area (Å²) in [5, 5.41) is 0. The Hall–Kier alpha value is -2.09. The van der Waals surface area contributed by atoms with Gasteiger partial charge in [-0.1, -0.05) is 30.3 Å². The molecule has 0 heterocycles. The van der Waals surface area contributed by atoms with Crippen molar-refractivity contribution in [3.8, 4) is 0 Å². The van der Waals surface area contributed by atoms with Crippen molar-refractivity contribution in [3.63, 3.8) is 0 Å². The summed E-state index contributed by atoms with van der Waals surface area (Å²) in [6.07, 6.45) is 0. The van der Waals surface area contributed by atoms with Gasteiger partial charge < -0.3 is 4.90 Å². The molecule has 18 heavy (non-hydrogen) atoms. The van der Waals surface area contributed by atoms with E-state index < -0.39 is 0 Å². The molecule has 0 saturated heterocycles. The summed E-state index contributed by atoms with van der Waals surface area (Å²) in [6, 6.07) is 17.1. The number of benzene rings is 2. The molecule has 91 valence electrons. The van der Waals surface area contributed by atoms with Crippen molar-refractivity contribution in [3.05, 3.63) is 72.6 Å². The van der Waals surface area contributed by atoms with Gasteiger partial charge in [0.05, 0.1) is 0 Å². The van der Waals surface area contributed by atoms with Gasteiger partial charge in [-0.05, 0) is 43.7 Å². The highest BCUT2D eigenvalue weighted by molar-refractivity contribution is 6.06. The first-order chi connectivity index (χ1) is 8.72. The molecule has 0 aliphatic carbocycles. The van der Waals surface area contributed by atoms with E-state index in [-0.39, 0.29) is 5.91 Å². The smallest absolute Gasteiger partial charge is 0.258 e. The fourth-order valence-corrected chi connectivity index (χ4v) is 1.91. The Morgan fingerprint density at radius 3 is 2.44 bits per heavy atom. The van der Waals surface area contributed by atoms with Crippen LogP contribution in [0, 0.1) is 6.92 Å². The number of hydrogen-bond acceptors (Lipinski definition) is 1. The van der Waals surface area contributed by atoms with E-state index in [1.54, 1.807) is 4.90 Å². The second-order valence-corrected chi connectivity index (χ2v) is 4.09. The standard InChI is InChI=1S/C16H16NO/c1-3-17(15-10-5-4-6-11-15)16(18)14-9-7-8-13(2)12-14/h4-12H,2-3H2,1H3. The maximum absolute atomic E-state index is 12.4. The van der Waals surface area contributed by atoms with Crippen LogP contribution in [0.3, 0.4) is 0 Å². The lowest BCUT2D eigenvalue weighted by Crippen LogP contribution is -2.30. The first kappa shape index (κ1) is 12.4. The van der Waals surface area contributed by atoms with Crippen molar-refractivity contribution in [2.75, 3.05) is 11.4 Å². The molecular weight excluding hydrogens is 222 g/mol. The van der Waals surface area contributed by atoms with E-state index in [0.717, 1.165) is 11.3 Å². The molecule has 2 nitrogen and oxygen atoms in total. The Morgan fingerprint density at radius 1 is 1.11 bits per heavy atom. The quantitative estimate of drug-likeness (QED) is 0.801. The lowest BCUT2D eigenvalue weighted by molar-refractivity contribution is 0.0988. The Balaban J connectivity index is 2.32. The second-order valence-electron chi connectivity index (χ2n) is 4.09. The second kappa shape index (κ2) is 5.50. The Morgan fingerprint density at radius 2 is 1.83 bits per heavy atom. The van der Waals surface area contributed by atoms with Crippen LogP contribution in [-0.4, -0.2) is 12.5 Å². The Kier molecular flexibility index (Phi) is 3.78. The maximum atomic E-state index is 12.4. The van der Waals surface area contributed by atoms with Gasteiger partial charge in [0.2, 0.25) is 0 Å². The fraction of sp³-hybridized carbons (Fsp3) is 0.125. The largest absolute Gasteiger partial charge is 0.309 e. The van der Waals surface area contributed by atoms with Gasteiger partial charge in [0.1, 0.15) is 0 Å². The molecule has 0 bridgehead atoms. The van der Waals surface area contributed by atoms with Gasteiger partial charge in [-0.2, -0.15) is 0 Å². The first-order valence-corrected chi connectivity index (χ1v) is 6.01. The number of carbonyl (C=O) groups is 1. The minimum Gasteiger partial charge on any atom is -0.309 e. The average Bonchev–Trinajstić information content (AvgIpc) is 2.41. The summed E-state index contributed by atoms with van der Waals surface area (Å²) in [6.45, 7) is 6.47. The molecule has 0 aliphatic rings. The molecule has 0 aliphatic heterocycles. The van der Waals surface area contributed by atoms with E-state index in [4.69, 9.17) is 0 Å². The number of para-hydroxylation sites is 1. The predicted octanol–water partition coefficient (Wildman–Crippen LogP) is 3.54. The van der Waals surface area contributed by atoms with E-state index >= 15 is 0 Å². The van der Waals surface area contributed by atoms with Crippen LogP contribution in [0.4, 0.5) is 5.69 Å². The SMILES string of the molecule is [CH2]c1cccc(C(=O)N(CC)c2ccccc2)c1. The van der Waals surface area contributed by atoms with Crippen molar-refractivity contribution in [2.45, 2.75) is 6.92 Å². The predicted molar refractivity (Wildman–Crippen MR) is 74.7 cm³/mol. The third kappa shape index (κ3) is 2.59. The van der Waals surface area contributed by atoms with Crippen LogP contribution in [0.2, 0.25) is 0 Å². The number of carbonyl (C=O) groups excluding carboxylic acids is 1. The van der Waals surface area contributed by atoms with Gasteiger partial charge in [-0.15, -0.1) is 0 Å². The average molecular weight is 238 g/mol. The van der Waals surface area contributed by atoms with E-state index in [1.165, 1.54) is 0 Å². The summed E-state index contributed by atoms with van der Waals surface area (Å²) in [4.78, 5) is 14.2. The third-order valence-electron chi connectivity index (χ3n) is 2.80. The minimum atomic E-state index is 0.00852. The summed E-state index contributed by atoms with van der Waals surface area (Å²) in [5.41, 5.74) is 2.44. The molecule has 0 fully saturated rings. The zero-order chi connectivity index (χ0) is 13.0. The molecule has 2 heteroatoms. The van der Waals surface area contributed by atoms with Gasteiger partial charge in [0.15, 0.2) is 0 Å². The lowest BCUT2D eigenvalue weighted by Gasteiger charge is -2.21. The van der Waals surface area contributed by atoms with Crippen molar-refractivity contribution in [1.82, 2.24) is 0 Å². The van der Waals surface area contributed by atoms with Crippen LogP contribution >= 0.6 is 0 Å². The topological polar surface area (TPSA) is 20.3 Å². The molecule has 1 amide bonds. The van der Waals surface area contributed by atoms with E-state index in [0.29, 0.717) is 12.1 Å². The lowest BCUT2D eigenvalue weighted by atomic mass is 10.1. The molecule has 2 aromatic carbocycles. The normalized spacial score (nSPS) is 10.1. The first-order valence-electron chi connectivity index (χ1n) is 6.01. The number of anilines is 1. The molecule has 0 spiro atoms. The summed E-state index contributed by atoms with van der Waals surface area (Å²) >= 11 is 0. The molecule has 0 unspecified atom stereocenters. The van der Waals surface area contributed by atoms with Crippen LogP contribution in [0.1, 0.15) is 22.8 Å². The molecular formula is C16H16NO. The maximum Gasteiger partial charge on any atom is 0.258 e. The number of nitrogens with zero attached hydrogens (tertiary/aromatic N) is 1. The van der Waals surface area contributed by atoms with Crippen LogP contribution < -0.4 is 4.90 Å². The molecule has 2 rings (SSSR count). The van der Waals surface area contributed by atoms with Crippen molar-refractivity contribution < 1.29 is 4.79 Å². The monoisotopic (exact) mass is 238 g/mol. The van der Waals surface area contributed by atoms with Gasteiger partial charge in [-0.3, -0.25) is 4.79 Å². The van der Waals surface area contributed by atoms with Gasteiger partial charge in [0, 0.05) is 17.8 Å². The zero-order valence-corrected chi connectivity index (χ0v) is 10.5. The van der Waals surface area contributed by atoms with Crippen LogP contribution in [-0.2, 0) is 0 Å². The highest BCUT2D eigenvalue weighted by atomic mass is 16.2. The Labute approximate surface area is 108 Å². The van der Waals surface area contributed by atoms with E-state index in [9.17, 15) is 4.79 Å². The molecule has 0 N–H and O–H groups in total. The number of rotatable bonds is 3. The Bertz CT molecular complexity index is 534. The van der Waals surface area contributed by atoms with Crippen LogP contribution in [0.5, 0.6) is 0 Å². The molecule has 0 atom stereocenters. The van der Waals surface area contributed by atoms with Gasteiger partial charge in [-0.25, -0.2) is 0 Å². The minimum absolute atomic E-state index is 0.00852. The van der Waals surface area contributed by atoms with Gasteiger partial charge in [0.25, 0.3) is 5.91 Å².